The molecule has 0 bridgehead atoms. The van der Waals surface area contributed by atoms with Gasteiger partial charge in [0.25, 0.3) is 0 Å². The van der Waals surface area contributed by atoms with Crippen molar-refractivity contribution in [1.29, 1.82) is 0 Å². The first-order chi connectivity index (χ1) is 8.96. The van der Waals surface area contributed by atoms with Gasteiger partial charge in [0, 0.05) is 16.1 Å². The van der Waals surface area contributed by atoms with Crippen LogP contribution in [-0.4, -0.2) is 25.3 Å². The first-order valence-electron chi connectivity index (χ1n) is 6.47. The zero-order valence-corrected chi connectivity index (χ0v) is 14.3. The second-order valence-corrected chi connectivity index (χ2v) is 8.18. The normalized spacial score (nSPS) is 13.4. The van der Waals surface area contributed by atoms with Gasteiger partial charge in [0.1, 0.15) is 9.84 Å². The summed E-state index contributed by atoms with van der Waals surface area (Å²) in [4.78, 5) is 0. The van der Waals surface area contributed by atoms with E-state index in [9.17, 15) is 8.42 Å². The summed E-state index contributed by atoms with van der Waals surface area (Å²) >= 11 is 9.43. The van der Waals surface area contributed by atoms with Gasteiger partial charge in [0.15, 0.2) is 0 Å². The molecule has 0 aromatic heterocycles. The van der Waals surface area contributed by atoms with Gasteiger partial charge in [-0.3, -0.25) is 0 Å². The van der Waals surface area contributed by atoms with E-state index in [0.717, 1.165) is 22.3 Å². The molecule has 1 unspecified atom stereocenters. The molecule has 1 aromatic rings. The molecule has 0 radical (unpaired) electrons. The van der Waals surface area contributed by atoms with Crippen LogP contribution in [0.1, 0.15) is 25.3 Å². The maximum atomic E-state index is 11.7. The van der Waals surface area contributed by atoms with Gasteiger partial charge in [-0.1, -0.05) is 46.6 Å². The van der Waals surface area contributed by atoms with Crippen LogP contribution in [0.4, 0.5) is 0 Å². The van der Waals surface area contributed by atoms with Crippen molar-refractivity contribution in [3.8, 4) is 0 Å². The van der Waals surface area contributed by atoms with Crippen LogP contribution in [0.5, 0.6) is 0 Å². The topological polar surface area (TPSA) is 34.1 Å². The fraction of sp³-hybridized carbons (Fsp3) is 0.571. The third-order valence-electron chi connectivity index (χ3n) is 2.98. The molecule has 0 spiro atoms. The van der Waals surface area contributed by atoms with Crippen molar-refractivity contribution in [2.45, 2.75) is 26.2 Å². The van der Waals surface area contributed by atoms with Gasteiger partial charge in [0.05, 0.1) is 5.75 Å². The Morgan fingerprint density at radius 3 is 2.63 bits per heavy atom. The summed E-state index contributed by atoms with van der Waals surface area (Å²) in [5, 5.41) is 1.53. The van der Waals surface area contributed by atoms with Crippen molar-refractivity contribution in [3.63, 3.8) is 0 Å². The molecule has 1 rings (SSSR count). The molecule has 5 heteroatoms. The van der Waals surface area contributed by atoms with Crippen molar-refractivity contribution in [2.75, 3.05) is 16.8 Å². The minimum Gasteiger partial charge on any atom is -0.229 e. The minimum absolute atomic E-state index is 0.275. The number of hydrogen-bond acceptors (Lipinski definition) is 2. The van der Waals surface area contributed by atoms with E-state index in [1.165, 1.54) is 0 Å². The Morgan fingerprint density at radius 1 is 1.32 bits per heavy atom. The predicted octanol–water partition coefficient (Wildman–Crippen LogP) is 4.11. The van der Waals surface area contributed by atoms with E-state index in [0.29, 0.717) is 24.5 Å². The average molecular weight is 368 g/mol. The largest absolute Gasteiger partial charge is 0.229 e. The molecule has 2 nitrogen and oxygen atoms in total. The maximum Gasteiger partial charge on any atom is 0.150 e. The van der Waals surface area contributed by atoms with E-state index in [2.05, 4.69) is 15.9 Å². The summed E-state index contributed by atoms with van der Waals surface area (Å²) in [6, 6.07) is 7.75. The van der Waals surface area contributed by atoms with Crippen molar-refractivity contribution < 1.29 is 8.42 Å². The van der Waals surface area contributed by atoms with Crippen LogP contribution in [0.3, 0.4) is 0 Å². The third kappa shape index (κ3) is 6.77. The van der Waals surface area contributed by atoms with Crippen LogP contribution in [0.2, 0.25) is 5.02 Å². The summed E-state index contributed by atoms with van der Waals surface area (Å²) in [5.41, 5.74) is 1.16. The molecule has 19 heavy (non-hydrogen) atoms. The highest BCUT2D eigenvalue weighted by atomic mass is 79.9. The Kier molecular flexibility index (Phi) is 7.40. The Hall–Kier alpha value is -0.0600. The van der Waals surface area contributed by atoms with Gasteiger partial charge in [-0.25, -0.2) is 8.42 Å². The molecule has 1 aromatic carbocycles. The van der Waals surface area contributed by atoms with E-state index in [1.807, 2.05) is 31.2 Å². The highest BCUT2D eigenvalue weighted by molar-refractivity contribution is 9.09. The number of hydrogen-bond donors (Lipinski definition) is 0. The first-order valence-corrected chi connectivity index (χ1v) is 9.79. The fourth-order valence-corrected chi connectivity index (χ4v) is 4.27. The quantitative estimate of drug-likeness (QED) is 0.648. The van der Waals surface area contributed by atoms with Crippen LogP contribution in [0.15, 0.2) is 24.3 Å². The zero-order chi connectivity index (χ0) is 14.3. The monoisotopic (exact) mass is 366 g/mol. The van der Waals surface area contributed by atoms with Crippen LogP contribution >= 0.6 is 27.5 Å². The summed E-state index contributed by atoms with van der Waals surface area (Å²) in [7, 11) is -2.88. The SMILES string of the molecule is CCCS(=O)(=O)CCC(CBr)Cc1cccc(Cl)c1. The van der Waals surface area contributed by atoms with Crippen molar-refractivity contribution in [2.24, 2.45) is 5.92 Å². The highest BCUT2D eigenvalue weighted by Gasteiger charge is 2.15. The van der Waals surface area contributed by atoms with Gasteiger partial charge >= 0.3 is 0 Å². The van der Waals surface area contributed by atoms with Crippen LogP contribution in [-0.2, 0) is 16.3 Å². The van der Waals surface area contributed by atoms with E-state index in [4.69, 9.17) is 11.6 Å². The number of sulfone groups is 1. The molecule has 1 atom stereocenters. The molecule has 0 aliphatic rings. The van der Waals surface area contributed by atoms with Gasteiger partial charge in [-0.2, -0.15) is 0 Å². The lowest BCUT2D eigenvalue weighted by atomic mass is 9.99. The summed E-state index contributed by atoms with van der Waals surface area (Å²) in [6.45, 7) is 1.89. The number of alkyl halides is 1. The second-order valence-electron chi connectivity index (χ2n) is 4.79. The van der Waals surface area contributed by atoms with Crippen molar-refractivity contribution >= 4 is 37.4 Å². The Bertz CT molecular complexity index is 488. The van der Waals surface area contributed by atoms with Crippen LogP contribution in [0, 0.1) is 5.92 Å². The predicted molar refractivity (Wildman–Crippen MR) is 86.0 cm³/mol. The molecule has 0 fully saturated rings. The van der Waals surface area contributed by atoms with Gasteiger partial charge < -0.3 is 0 Å². The Labute approximate surface area is 129 Å². The van der Waals surface area contributed by atoms with Gasteiger partial charge in [-0.15, -0.1) is 0 Å². The maximum absolute atomic E-state index is 11.7. The second kappa shape index (κ2) is 8.28. The van der Waals surface area contributed by atoms with Crippen LogP contribution < -0.4 is 0 Å². The van der Waals surface area contributed by atoms with Crippen molar-refractivity contribution in [3.05, 3.63) is 34.9 Å². The van der Waals surface area contributed by atoms with Gasteiger partial charge in [0.2, 0.25) is 0 Å². The third-order valence-corrected chi connectivity index (χ3v) is 6.02. The van der Waals surface area contributed by atoms with E-state index in [1.54, 1.807) is 0 Å². The number of rotatable bonds is 8. The lowest BCUT2D eigenvalue weighted by molar-refractivity contribution is 0.551. The number of halogens is 2. The van der Waals surface area contributed by atoms with E-state index < -0.39 is 9.84 Å². The lowest BCUT2D eigenvalue weighted by Gasteiger charge is -2.14. The molecular weight excluding hydrogens is 348 g/mol. The minimum atomic E-state index is -2.88. The standard InChI is InChI=1S/C14H20BrClO2S/c1-2-7-19(17,18)8-6-13(11-15)9-12-4-3-5-14(16)10-12/h3-5,10,13H,2,6-9,11H2,1H3. The molecule has 0 saturated carbocycles. The molecule has 0 aliphatic carbocycles. The molecular formula is C14H20BrClO2S. The van der Waals surface area contributed by atoms with Gasteiger partial charge in [-0.05, 0) is 42.9 Å². The molecule has 0 N–H and O–H groups in total. The smallest absolute Gasteiger partial charge is 0.150 e. The number of benzene rings is 1. The molecule has 0 aliphatic heterocycles. The van der Waals surface area contributed by atoms with Crippen LogP contribution in [0.25, 0.3) is 0 Å². The van der Waals surface area contributed by atoms with E-state index in [-0.39, 0.29) is 5.75 Å². The molecule has 0 heterocycles. The van der Waals surface area contributed by atoms with E-state index >= 15 is 0 Å². The summed E-state index contributed by atoms with van der Waals surface area (Å²) in [5.74, 6) is 0.890. The molecule has 0 amide bonds. The molecule has 0 saturated heterocycles. The fourth-order valence-electron chi connectivity index (χ4n) is 1.99. The summed E-state index contributed by atoms with van der Waals surface area (Å²) in [6.07, 6.45) is 2.24. The van der Waals surface area contributed by atoms with Crippen molar-refractivity contribution in [1.82, 2.24) is 0 Å². The first kappa shape index (κ1) is 17.0. The zero-order valence-electron chi connectivity index (χ0n) is 11.1. The highest BCUT2D eigenvalue weighted by Crippen LogP contribution is 2.19. The average Bonchev–Trinajstić information content (AvgIpc) is 2.34. The summed E-state index contributed by atoms with van der Waals surface area (Å²) < 4.78 is 23.4. The lowest BCUT2D eigenvalue weighted by Crippen LogP contribution is -2.16. The Balaban J connectivity index is 2.55. The molecule has 108 valence electrons. The Morgan fingerprint density at radius 2 is 2.05 bits per heavy atom.